The summed E-state index contributed by atoms with van der Waals surface area (Å²) in [6.07, 6.45) is 1.12. The van der Waals surface area contributed by atoms with E-state index in [-0.39, 0.29) is 6.03 Å². The average molecular weight is 297 g/mol. The second kappa shape index (κ2) is 7.61. The van der Waals surface area contributed by atoms with E-state index in [1.165, 1.54) is 10.4 Å². The molecule has 112 valence electrons. The smallest absolute Gasteiger partial charge is 0.314 e. The molecule has 1 atom stereocenters. The Morgan fingerprint density at radius 1 is 1.55 bits per heavy atom. The van der Waals surface area contributed by atoms with Gasteiger partial charge in [0.05, 0.1) is 6.61 Å². The van der Waals surface area contributed by atoms with Crippen molar-refractivity contribution in [3.05, 3.63) is 21.9 Å². The fraction of sp³-hybridized carbons (Fsp3) is 0.643. The quantitative estimate of drug-likeness (QED) is 0.781. The van der Waals surface area contributed by atoms with Crippen LogP contribution >= 0.6 is 11.3 Å². The molecule has 2 amide bonds. The highest BCUT2D eigenvalue weighted by atomic mass is 32.1. The van der Waals surface area contributed by atoms with E-state index in [0.717, 1.165) is 19.5 Å². The minimum absolute atomic E-state index is 0.123. The number of amides is 2. The number of carbonyl (C=O) groups is 1. The second-order valence-electron chi connectivity index (χ2n) is 5.07. The number of methoxy groups -OCH3 is 1. The molecule has 0 unspecified atom stereocenters. The maximum absolute atomic E-state index is 11.6. The van der Waals surface area contributed by atoms with Crippen LogP contribution in [0.1, 0.15) is 17.4 Å². The molecule has 6 heteroatoms. The second-order valence-corrected chi connectivity index (χ2v) is 6.07. The van der Waals surface area contributed by atoms with Gasteiger partial charge in [0.25, 0.3) is 0 Å². The van der Waals surface area contributed by atoms with E-state index < -0.39 is 0 Å². The molecule has 0 spiro atoms. The van der Waals surface area contributed by atoms with Crippen LogP contribution < -0.4 is 10.6 Å². The van der Waals surface area contributed by atoms with E-state index in [0.29, 0.717) is 25.7 Å². The summed E-state index contributed by atoms with van der Waals surface area (Å²) >= 11 is 1.85. The third-order valence-corrected chi connectivity index (χ3v) is 4.63. The molecule has 5 nitrogen and oxygen atoms in total. The predicted octanol–water partition coefficient (Wildman–Crippen LogP) is 1.44. The first-order chi connectivity index (χ1) is 9.70. The van der Waals surface area contributed by atoms with Gasteiger partial charge in [-0.15, -0.1) is 11.3 Å². The van der Waals surface area contributed by atoms with Gasteiger partial charge in [0.15, 0.2) is 0 Å². The Balaban J connectivity index is 1.70. The minimum Gasteiger partial charge on any atom is -0.383 e. The lowest BCUT2D eigenvalue weighted by Gasteiger charge is -2.32. The van der Waals surface area contributed by atoms with Gasteiger partial charge in [0.1, 0.15) is 0 Å². The zero-order valence-electron chi connectivity index (χ0n) is 12.1. The van der Waals surface area contributed by atoms with Crippen LogP contribution in [0.5, 0.6) is 0 Å². The molecule has 1 aromatic heterocycles. The van der Waals surface area contributed by atoms with Crippen molar-refractivity contribution >= 4 is 17.4 Å². The highest BCUT2D eigenvalue weighted by Crippen LogP contribution is 2.24. The highest BCUT2D eigenvalue weighted by Gasteiger charge is 2.21. The van der Waals surface area contributed by atoms with Crippen LogP contribution in [-0.2, 0) is 17.7 Å². The van der Waals surface area contributed by atoms with Crippen molar-refractivity contribution in [1.29, 1.82) is 0 Å². The Morgan fingerprint density at radius 2 is 2.40 bits per heavy atom. The lowest BCUT2D eigenvalue weighted by molar-refractivity contribution is 0.182. The number of rotatable bonds is 6. The number of fused-ring (bicyclic) bond motifs is 1. The van der Waals surface area contributed by atoms with E-state index in [1.807, 2.05) is 11.3 Å². The zero-order valence-corrected chi connectivity index (χ0v) is 13.0. The molecule has 0 bridgehead atoms. The van der Waals surface area contributed by atoms with Crippen LogP contribution in [0.15, 0.2) is 11.4 Å². The fourth-order valence-corrected chi connectivity index (χ4v) is 3.23. The molecule has 0 fully saturated rings. The number of nitrogens with one attached hydrogen (secondary N) is 2. The Bertz CT molecular complexity index is 436. The van der Waals surface area contributed by atoms with E-state index in [9.17, 15) is 4.79 Å². The first kappa shape index (κ1) is 15.3. The van der Waals surface area contributed by atoms with Crippen molar-refractivity contribution in [2.75, 3.05) is 33.4 Å². The van der Waals surface area contributed by atoms with Gasteiger partial charge in [0.2, 0.25) is 0 Å². The summed E-state index contributed by atoms with van der Waals surface area (Å²) in [4.78, 5) is 15.5. The summed E-state index contributed by atoms with van der Waals surface area (Å²) in [7, 11) is 1.62. The van der Waals surface area contributed by atoms with Gasteiger partial charge in [-0.2, -0.15) is 0 Å². The molecule has 2 rings (SSSR count). The minimum atomic E-state index is -0.123. The third kappa shape index (κ3) is 4.19. The van der Waals surface area contributed by atoms with Crippen molar-refractivity contribution in [2.45, 2.75) is 25.9 Å². The Morgan fingerprint density at radius 3 is 3.20 bits per heavy atom. The zero-order chi connectivity index (χ0) is 14.4. The number of hydrogen-bond donors (Lipinski definition) is 2. The fourth-order valence-electron chi connectivity index (χ4n) is 2.35. The molecule has 1 aliphatic heterocycles. The Hall–Kier alpha value is -1.11. The van der Waals surface area contributed by atoms with Crippen LogP contribution in [0.2, 0.25) is 0 Å². The van der Waals surface area contributed by atoms with Crippen LogP contribution in [0.3, 0.4) is 0 Å². The number of nitrogens with zero attached hydrogens (tertiary/aromatic N) is 1. The maximum Gasteiger partial charge on any atom is 0.314 e. The molecule has 2 N–H and O–H groups in total. The molecule has 0 aliphatic carbocycles. The Kier molecular flexibility index (Phi) is 5.82. The number of ether oxygens (including phenoxy) is 1. The monoisotopic (exact) mass is 297 g/mol. The summed E-state index contributed by atoms with van der Waals surface area (Å²) < 4.78 is 4.89. The van der Waals surface area contributed by atoms with E-state index >= 15 is 0 Å². The SMILES string of the molecule is COCCNC(=O)NC[C@H](C)N1CCc2sccc2C1. The molecular weight excluding hydrogens is 274 g/mol. The maximum atomic E-state index is 11.6. The average Bonchev–Trinajstić information content (AvgIpc) is 2.92. The normalized spacial score (nSPS) is 16.5. The molecule has 0 aromatic carbocycles. The highest BCUT2D eigenvalue weighted by molar-refractivity contribution is 7.10. The van der Waals surface area contributed by atoms with Gasteiger partial charge >= 0.3 is 6.03 Å². The van der Waals surface area contributed by atoms with Gasteiger partial charge in [-0.25, -0.2) is 4.79 Å². The van der Waals surface area contributed by atoms with Gasteiger partial charge in [-0.3, -0.25) is 4.90 Å². The largest absolute Gasteiger partial charge is 0.383 e. The molecule has 0 radical (unpaired) electrons. The summed E-state index contributed by atoms with van der Waals surface area (Å²) in [5.41, 5.74) is 1.44. The number of thiophene rings is 1. The van der Waals surface area contributed by atoms with Crippen molar-refractivity contribution < 1.29 is 9.53 Å². The Labute approximate surface area is 124 Å². The van der Waals surface area contributed by atoms with Gasteiger partial charge in [-0.05, 0) is 30.4 Å². The topological polar surface area (TPSA) is 53.6 Å². The van der Waals surface area contributed by atoms with E-state index in [4.69, 9.17) is 4.74 Å². The van der Waals surface area contributed by atoms with E-state index in [2.05, 4.69) is 33.9 Å². The van der Waals surface area contributed by atoms with Crippen molar-refractivity contribution in [2.24, 2.45) is 0 Å². The predicted molar refractivity (Wildman–Crippen MR) is 81.2 cm³/mol. The van der Waals surface area contributed by atoms with Crippen molar-refractivity contribution in [3.63, 3.8) is 0 Å². The van der Waals surface area contributed by atoms with E-state index in [1.54, 1.807) is 7.11 Å². The first-order valence-electron chi connectivity index (χ1n) is 7.00. The van der Waals surface area contributed by atoms with Gasteiger partial charge in [0, 0.05) is 44.2 Å². The number of carbonyl (C=O) groups excluding carboxylic acids is 1. The summed E-state index contributed by atoms with van der Waals surface area (Å²) in [5, 5.41) is 7.84. The molecule has 2 heterocycles. The van der Waals surface area contributed by atoms with Gasteiger partial charge in [-0.1, -0.05) is 0 Å². The standard InChI is InChI=1S/C14H23N3O2S/c1-11(9-16-14(18)15-5-7-19-2)17-6-3-13-12(10-17)4-8-20-13/h4,8,11H,3,5-7,9-10H2,1-2H3,(H2,15,16,18)/t11-/m0/s1. The van der Waals surface area contributed by atoms with Gasteiger partial charge < -0.3 is 15.4 Å². The molecule has 0 saturated heterocycles. The number of hydrogen-bond acceptors (Lipinski definition) is 4. The summed E-state index contributed by atoms with van der Waals surface area (Å²) in [6, 6.07) is 2.43. The first-order valence-corrected chi connectivity index (χ1v) is 7.88. The molecule has 1 aliphatic rings. The van der Waals surface area contributed by atoms with Crippen molar-refractivity contribution in [1.82, 2.24) is 15.5 Å². The molecule has 1 aromatic rings. The van der Waals surface area contributed by atoms with Crippen molar-refractivity contribution in [3.8, 4) is 0 Å². The van der Waals surface area contributed by atoms with Crippen LogP contribution in [0.25, 0.3) is 0 Å². The van der Waals surface area contributed by atoms with Crippen LogP contribution in [-0.4, -0.2) is 50.3 Å². The molecular formula is C14H23N3O2S. The number of urea groups is 1. The lowest BCUT2D eigenvalue weighted by Crippen LogP contribution is -2.46. The van der Waals surface area contributed by atoms with Crippen LogP contribution in [0.4, 0.5) is 4.79 Å². The summed E-state index contributed by atoms with van der Waals surface area (Å²) in [6.45, 7) is 5.97. The van der Waals surface area contributed by atoms with Crippen LogP contribution in [0, 0.1) is 0 Å². The molecule has 0 saturated carbocycles. The summed E-state index contributed by atoms with van der Waals surface area (Å²) in [5.74, 6) is 0. The lowest BCUT2D eigenvalue weighted by atomic mass is 10.1. The molecule has 20 heavy (non-hydrogen) atoms. The third-order valence-electron chi connectivity index (χ3n) is 3.61.